The zero-order valence-electron chi connectivity index (χ0n) is 12.3. The maximum Gasteiger partial charge on any atom is 0.353 e. The molecular weight excluding hydrogens is 269 g/mol. The molecule has 1 aliphatic heterocycles. The van der Waals surface area contributed by atoms with E-state index in [0.29, 0.717) is 0 Å². The summed E-state index contributed by atoms with van der Waals surface area (Å²) >= 11 is 0. The molecular formula is C12H24NO5P. The minimum absolute atomic E-state index is 0.0514. The highest BCUT2D eigenvalue weighted by Gasteiger charge is 2.59. The van der Waals surface area contributed by atoms with Crippen molar-refractivity contribution in [2.24, 2.45) is 0 Å². The molecule has 1 aliphatic rings. The smallest absolute Gasteiger partial charge is 0.312 e. The SMILES string of the molecule is CCOP(=O)(OCC)C1(C)CC(=O)CC(C)(C)N1O. The average molecular weight is 293 g/mol. The van der Waals surface area contributed by atoms with E-state index in [9.17, 15) is 14.6 Å². The Bertz CT molecular complexity index is 388. The quantitative estimate of drug-likeness (QED) is 0.785. The Morgan fingerprint density at radius 3 is 2.11 bits per heavy atom. The van der Waals surface area contributed by atoms with Crippen LogP contribution in [0.1, 0.15) is 47.5 Å². The maximum atomic E-state index is 12.9. The fraction of sp³-hybridized carbons (Fsp3) is 0.917. The number of Topliss-reactive ketones (excluding diaryl/α,β-unsaturated/α-hetero) is 1. The fourth-order valence-electron chi connectivity index (χ4n) is 2.59. The molecule has 7 heteroatoms. The third kappa shape index (κ3) is 2.93. The van der Waals surface area contributed by atoms with Crippen LogP contribution in [0.4, 0.5) is 0 Å². The summed E-state index contributed by atoms with van der Waals surface area (Å²) in [4.78, 5) is 11.9. The van der Waals surface area contributed by atoms with Crippen LogP contribution in [0.15, 0.2) is 0 Å². The van der Waals surface area contributed by atoms with Gasteiger partial charge in [0.05, 0.1) is 13.2 Å². The van der Waals surface area contributed by atoms with Crippen LogP contribution in [0.3, 0.4) is 0 Å². The number of hydroxylamine groups is 2. The van der Waals surface area contributed by atoms with Crippen molar-refractivity contribution < 1.29 is 23.6 Å². The number of carbonyl (C=O) groups excluding carboxylic acids is 1. The second-order valence-corrected chi connectivity index (χ2v) is 8.04. The highest BCUT2D eigenvalue weighted by atomic mass is 31.2. The van der Waals surface area contributed by atoms with Gasteiger partial charge in [0.2, 0.25) is 0 Å². The van der Waals surface area contributed by atoms with E-state index >= 15 is 0 Å². The topological polar surface area (TPSA) is 76.1 Å². The monoisotopic (exact) mass is 293 g/mol. The number of nitrogens with zero attached hydrogens (tertiary/aromatic N) is 1. The van der Waals surface area contributed by atoms with E-state index in [2.05, 4.69) is 0 Å². The van der Waals surface area contributed by atoms with Gasteiger partial charge in [0, 0.05) is 18.4 Å². The molecule has 0 saturated carbocycles. The van der Waals surface area contributed by atoms with Crippen LogP contribution < -0.4 is 0 Å². The van der Waals surface area contributed by atoms with Crippen molar-refractivity contribution in [3.63, 3.8) is 0 Å². The summed E-state index contributed by atoms with van der Waals surface area (Å²) in [6.45, 7) is 8.79. The largest absolute Gasteiger partial charge is 0.353 e. The maximum absolute atomic E-state index is 12.9. The molecule has 0 spiro atoms. The van der Waals surface area contributed by atoms with Crippen LogP contribution in [0.5, 0.6) is 0 Å². The predicted molar refractivity (Wildman–Crippen MR) is 71.2 cm³/mol. The van der Waals surface area contributed by atoms with E-state index in [0.717, 1.165) is 5.06 Å². The van der Waals surface area contributed by atoms with Crippen molar-refractivity contribution in [3.05, 3.63) is 0 Å². The molecule has 0 radical (unpaired) electrons. The summed E-state index contributed by atoms with van der Waals surface area (Å²) in [6, 6.07) is 0. The standard InChI is InChI=1S/C12H24NO5P/c1-6-17-19(16,18-7-2)12(5)9-10(14)8-11(3,4)13(12)15/h15H,6-9H2,1-5H3. The molecule has 0 aromatic heterocycles. The summed E-state index contributed by atoms with van der Waals surface area (Å²) in [5.74, 6) is -0.0579. The highest BCUT2D eigenvalue weighted by Crippen LogP contribution is 2.64. The Morgan fingerprint density at radius 1 is 1.21 bits per heavy atom. The molecule has 0 aliphatic carbocycles. The number of hydrogen-bond acceptors (Lipinski definition) is 6. The third-order valence-electron chi connectivity index (χ3n) is 3.38. The van der Waals surface area contributed by atoms with Crippen molar-refractivity contribution >= 4 is 13.4 Å². The summed E-state index contributed by atoms with van der Waals surface area (Å²) in [5, 5.41) is 10.0. The van der Waals surface area contributed by atoms with Gasteiger partial charge in [-0.3, -0.25) is 9.36 Å². The van der Waals surface area contributed by atoms with E-state index in [1.54, 1.807) is 34.6 Å². The van der Waals surface area contributed by atoms with Crippen LogP contribution in [0.25, 0.3) is 0 Å². The molecule has 1 rings (SSSR count). The van der Waals surface area contributed by atoms with Gasteiger partial charge in [-0.25, -0.2) is 0 Å². The van der Waals surface area contributed by atoms with E-state index < -0.39 is 18.4 Å². The minimum atomic E-state index is -3.62. The first-order valence-electron chi connectivity index (χ1n) is 6.53. The second kappa shape index (κ2) is 5.62. The van der Waals surface area contributed by atoms with Gasteiger partial charge in [-0.1, -0.05) is 0 Å². The number of carbonyl (C=O) groups is 1. The molecule has 0 aromatic rings. The minimum Gasteiger partial charge on any atom is -0.312 e. The molecule has 1 heterocycles. The van der Waals surface area contributed by atoms with E-state index in [-0.39, 0.29) is 31.8 Å². The fourth-order valence-corrected chi connectivity index (χ4v) is 4.77. The van der Waals surface area contributed by atoms with E-state index in [1.165, 1.54) is 0 Å². The van der Waals surface area contributed by atoms with Gasteiger partial charge in [0.15, 0.2) is 5.28 Å². The van der Waals surface area contributed by atoms with E-state index in [1.807, 2.05) is 0 Å². The van der Waals surface area contributed by atoms with Gasteiger partial charge >= 0.3 is 7.60 Å². The molecule has 0 aromatic carbocycles. The van der Waals surface area contributed by atoms with E-state index in [4.69, 9.17) is 9.05 Å². The summed E-state index contributed by atoms with van der Waals surface area (Å²) in [6.07, 6.45) is 0.154. The number of piperidine rings is 1. The summed E-state index contributed by atoms with van der Waals surface area (Å²) in [7, 11) is -3.62. The molecule has 19 heavy (non-hydrogen) atoms. The van der Waals surface area contributed by atoms with Gasteiger partial charge < -0.3 is 14.3 Å². The van der Waals surface area contributed by atoms with Gasteiger partial charge in [-0.2, -0.15) is 5.06 Å². The van der Waals surface area contributed by atoms with Crippen LogP contribution >= 0.6 is 7.60 Å². The predicted octanol–water partition coefficient (Wildman–Crippen LogP) is 2.80. The van der Waals surface area contributed by atoms with Crippen molar-refractivity contribution in [1.82, 2.24) is 5.06 Å². The van der Waals surface area contributed by atoms with Gasteiger partial charge in [-0.15, -0.1) is 0 Å². The molecule has 1 atom stereocenters. The Hall–Kier alpha value is -0.260. The first-order chi connectivity index (χ1) is 8.63. The lowest BCUT2D eigenvalue weighted by Crippen LogP contribution is -2.60. The Labute approximate surface area is 114 Å². The van der Waals surface area contributed by atoms with Crippen LogP contribution in [-0.4, -0.2) is 40.1 Å². The van der Waals surface area contributed by atoms with Crippen LogP contribution in [0, 0.1) is 0 Å². The van der Waals surface area contributed by atoms with Crippen molar-refractivity contribution in [1.29, 1.82) is 0 Å². The van der Waals surface area contributed by atoms with Crippen LogP contribution in [0.2, 0.25) is 0 Å². The molecule has 0 bridgehead atoms. The van der Waals surface area contributed by atoms with Crippen LogP contribution in [-0.2, 0) is 18.4 Å². The summed E-state index contributed by atoms with van der Waals surface area (Å²) < 4.78 is 23.5. The second-order valence-electron chi connectivity index (χ2n) is 5.57. The Balaban J connectivity index is 3.24. The van der Waals surface area contributed by atoms with Crippen molar-refractivity contribution in [3.8, 4) is 0 Å². The molecule has 1 unspecified atom stereocenters. The zero-order chi connectivity index (χ0) is 14.9. The third-order valence-corrected chi connectivity index (χ3v) is 6.10. The van der Waals surface area contributed by atoms with Gasteiger partial charge in [0.1, 0.15) is 5.78 Å². The zero-order valence-corrected chi connectivity index (χ0v) is 13.2. The lowest BCUT2D eigenvalue weighted by molar-refractivity contribution is -0.223. The first-order valence-corrected chi connectivity index (χ1v) is 8.07. The lowest BCUT2D eigenvalue weighted by atomic mass is 9.88. The highest BCUT2D eigenvalue weighted by molar-refractivity contribution is 7.55. The number of hydrogen-bond donors (Lipinski definition) is 1. The molecule has 1 N–H and O–H groups in total. The summed E-state index contributed by atoms with van der Waals surface area (Å²) in [5.41, 5.74) is -0.798. The number of ketones is 1. The number of rotatable bonds is 5. The Kier molecular flexibility index (Phi) is 4.97. The van der Waals surface area contributed by atoms with Crippen molar-refractivity contribution in [2.45, 2.75) is 58.3 Å². The van der Waals surface area contributed by atoms with Crippen molar-refractivity contribution in [2.75, 3.05) is 13.2 Å². The first kappa shape index (κ1) is 16.8. The molecule has 0 amide bonds. The van der Waals surface area contributed by atoms with Gasteiger partial charge in [0.25, 0.3) is 0 Å². The molecule has 112 valence electrons. The normalized spacial score (nSPS) is 28.6. The lowest BCUT2D eigenvalue weighted by Gasteiger charge is -2.50. The average Bonchev–Trinajstić information content (AvgIpc) is 2.25. The Morgan fingerprint density at radius 2 is 1.68 bits per heavy atom. The molecule has 1 fully saturated rings. The molecule has 6 nitrogen and oxygen atoms in total. The van der Waals surface area contributed by atoms with Gasteiger partial charge in [-0.05, 0) is 34.6 Å². The molecule has 1 saturated heterocycles.